The van der Waals surface area contributed by atoms with Gasteiger partial charge in [-0.1, -0.05) is 6.07 Å². The number of aliphatic hydroxyl groups excluding tert-OH is 1. The van der Waals surface area contributed by atoms with Gasteiger partial charge < -0.3 is 15.2 Å². The second kappa shape index (κ2) is 7.95. The van der Waals surface area contributed by atoms with Crippen LogP contribution in [-0.2, 0) is 7.05 Å². The van der Waals surface area contributed by atoms with Gasteiger partial charge in [0.15, 0.2) is 0 Å². The summed E-state index contributed by atoms with van der Waals surface area (Å²) < 4.78 is 6.64. The molecule has 120 valence electrons. The number of amides is 1. The third-order valence-electron chi connectivity index (χ3n) is 3.43. The Bertz CT molecular complexity index is 595. The van der Waals surface area contributed by atoms with Crippen molar-refractivity contribution in [1.29, 1.82) is 0 Å². The number of methoxy groups -OCH3 is 1. The number of rotatable bonds is 8. The predicted octanol–water partition coefficient (Wildman–Crippen LogP) is 1.78. The maximum atomic E-state index is 12.2. The lowest BCUT2D eigenvalue weighted by molar-refractivity contribution is 0.0949. The first kappa shape index (κ1) is 16.5. The topological polar surface area (TPSA) is 76.4 Å². The second-order valence-corrected chi connectivity index (χ2v) is 5.97. The van der Waals surface area contributed by atoms with E-state index in [0.29, 0.717) is 24.4 Å². The molecule has 0 unspecified atom stereocenters. The average molecular weight is 323 g/mol. The fourth-order valence-corrected chi connectivity index (χ4v) is 3.24. The molecule has 0 aliphatic rings. The van der Waals surface area contributed by atoms with Crippen LogP contribution >= 0.6 is 11.3 Å². The van der Waals surface area contributed by atoms with Gasteiger partial charge in [0, 0.05) is 31.3 Å². The number of hydrogen-bond donors (Lipinski definition) is 2. The highest BCUT2D eigenvalue weighted by molar-refractivity contribution is 7.10. The molecule has 22 heavy (non-hydrogen) atoms. The van der Waals surface area contributed by atoms with Crippen molar-refractivity contribution in [2.45, 2.75) is 18.8 Å². The first-order chi connectivity index (χ1) is 10.7. The molecule has 0 aromatic carbocycles. The number of nitrogens with zero attached hydrogens (tertiary/aromatic N) is 2. The summed E-state index contributed by atoms with van der Waals surface area (Å²) in [7, 11) is 3.24. The summed E-state index contributed by atoms with van der Waals surface area (Å²) in [5.74, 6) is 0.394. The van der Waals surface area contributed by atoms with Gasteiger partial charge in [-0.2, -0.15) is 0 Å². The van der Waals surface area contributed by atoms with Crippen LogP contribution in [0.3, 0.4) is 0 Å². The molecule has 0 saturated carbocycles. The van der Waals surface area contributed by atoms with Crippen molar-refractivity contribution in [3.8, 4) is 5.88 Å². The van der Waals surface area contributed by atoms with Gasteiger partial charge in [0.05, 0.1) is 7.11 Å². The maximum Gasteiger partial charge on any atom is 0.258 e. The summed E-state index contributed by atoms with van der Waals surface area (Å²) in [6.45, 7) is 0.687. The number of aryl methyl sites for hydroxylation is 1. The second-order valence-electron chi connectivity index (χ2n) is 4.99. The number of carbonyl (C=O) groups excluding carboxylic acids is 1. The van der Waals surface area contributed by atoms with Gasteiger partial charge in [0.25, 0.3) is 5.91 Å². The average Bonchev–Trinajstić information content (AvgIpc) is 3.15. The Morgan fingerprint density at radius 2 is 2.36 bits per heavy atom. The number of nitrogens with one attached hydrogen (secondary N) is 1. The van der Waals surface area contributed by atoms with Crippen LogP contribution in [0.4, 0.5) is 0 Å². The maximum absolute atomic E-state index is 12.2. The van der Waals surface area contributed by atoms with Crippen molar-refractivity contribution in [2.75, 3.05) is 20.3 Å². The number of hydrogen-bond acceptors (Lipinski definition) is 5. The van der Waals surface area contributed by atoms with Crippen LogP contribution in [0.15, 0.2) is 23.7 Å². The number of carbonyl (C=O) groups is 1. The normalized spacial score (nSPS) is 12.1. The summed E-state index contributed by atoms with van der Waals surface area (Å²) in [5.41, 5.74) is 0.430. The summed E-state index contributed by atoms with van der Waals surface area (Å²) >= 11 is 1.68. The van der Waals surface area contributed by atoms with Gasteiger partial charge in [0.2, 0.25) is 5.88 Å². The van der Waals surface area contributed by atoms with E-state index in [9.17, 15) is 9.90 Å². The Hall–Kier alpha value is -1.86. The Balaban J connectivity index is 1.90. The SMILES string of the molecule is COc1nn(C)cc1C(=O)NCC[C@@H](CCO)c1cccs1. The fourth-order valence-electron chi connectivity index (χ4n) is 2.34. The molecule has 0 bridgehead atoms. The van der Waals surface area contributed by atoms with E-state index >= 15 is 0 Å². The van der Waals surface area contributed by atoms with E-state index in [1.807, 2.05) is 11.4 Å². The minimum absolute atomic E-state index is 0.146. The fraction of sp³-hybridized carbons (Fsp3) is 0.467. The van der Waals surface area contributed by atoms with Crippen LogP contribution in [0, 0.1) is 0 Å². The Labute approximate surface area is 133 Å². The molecule has 2 aromatic heterocycles. The molecule has 6 nitrogen and oxygen atoms in total. The molecule has 1 atom stereocenters. The molecular formula is C15H21N3O3S. The number of aliphatic hydroxyl groups is 1. The minimum Gasteiger partial charge on any atom is -0.479 e. The highest BCUT2D eigenvalue weighted by Gasteiger charge is 2.17. The molecular weight excluding hydrogens is 302 g/mol. The lowest BCUT2D eigenvalue weighted by atomic mass is 10.00. The lowest BCUT2D eigenvalue weighted by Crippen LogP contribution is -2.25. The summed E-state index contributed by atoms with van der Waals surface area (Å²) in [6.07, 6.45) is 3.13. The van der Waals surface area contributed by atoms with Gasteiger partial charge in [0.1, 0.15) is 5.56 Å². The standard InChI is InChI=1S/C15H21N3O3S/c1-18-10-12(15(17-18)21-2)14(20)16-7-5-11(6-8-19)13-4-3-9-22-13/h3-4,9-11,19H,5-8H2,1-2H3,(H,16,20)/t11-/m0/s1. The number of ether oxygens (including phenoxy) is 1. The predicted molar refractivity (Wildman–Crippen MR) is 85.5 cm³/mol. The monoisotopic (exact) mass is 323 g/mol. The van der Waals surface area contributed by atoms with Crippen LogP contribution in [0.25, 0.3) is 0 Å². The van der Waals surface area contributed by atoms with Crippen LogP contribution in [0.2, 0.25) is 0 Å². The molecule has 0 radical (unpaired) electrons. The molecule has 2 N–H and O–H groups in total. The molecule has 2 heterocycles. The van der Waals surface area contributed by atoms with Crippen molar-refractivity contribution < 1.29 is 14.6 Å². The number of thiophene rings is 1. The molecule has 2 rings (SSSR count). The van der Waals surface area contributed by atoms with E-state index in [2.05, 4.69) is 16.5 Å². The summed E-state index contributed by atoms with van der Waals surface area (Å²) in [5, 5.41) is 18.2. The number of aromatic nitrogens is 2. The van der Waals surface area contributed by atoms with Crippen molar-refractivity contribution in [3.05, 3.63) is 34.2 Å². The van der Waals surface area contributed by atoms with Gasteiger partial charge in [-0.3, -0.25) is 9.48 Å². The summed E-state index contributed by atoms with van der Waals surface area (Å²) in [4.78, 5) is 13.4. The summed E-state index contributed by atoms with van der Waals surface area (Å²) in [6, 6.07) is 4.07. The van der Waals surface area contributed by atoms with E-state index in [0.717, 1.165) is 6.42 Å². The molecule has 1 amide bonds. The van der Waals surface area contributed by atoms with E-state index in [1.165, 1.54) is 12.0 Å². The highest BCUT2D eigenvalue weighted by Crippen LogP contribution is 2.27. The first-order valence-electron chi connectivity index (χ1n) is 7.15. The van der Waals surface area contributed by atoms with Crippen LogP contribution in [0.5, 0.6) is 5.88 Å². The molecule has 0 aliphatic heterocycles. The van der Waals surface area contributed by atoms with Crippen LogP contribution in [-0.4, -0.2) is 41.1 Å². The van der Waals surface area contributed by atoms with E-state index < -0.39 is 0 Å². The molecule has 0 aliphatic carbocycles. The van der Waals surface area contributed by atoms with Gasteiger partial charge in [-0.05, 0) is 30.2 Å². The zero-order chi connectivity index (χ0) is 15.9. The quantitative estimate of drug-likeness (QED) is 0.776. The Kier molecular flexibility index (Phi) is 5.97. The zero-order valence-corrected chi connectivity index (χ0v) is 13.6. The van der Waals surface area contributed by atoms with Crippen molar-refractivity contribution in [1.82, 2.24) is 15.1 Å². The zero-order valence-electron chi connectivity index (χ0n) is 12.8. The Morgan fingerprint density at radius 3 is 3.00 bits per heavy atom. The Morgan fingerprint density at radius 1 is 1.55 bits per heavy atom. The van der Waals surface area contributed by atoms with Gasteiger partial charge in [-0.25, -0.2) is 0 Å². The smallest absolute Gasteiger partial charge is 0.258 e. The van der Waals surface area contributed by atoms with Crippen LogP contribution in [0.1, 0.15) is 34.0 Å². The third-order valence-corrected chi connectivity index (χ3v) is 4.47. The molecule has 0 fully saturated rings. The lowest BCUT2D eigenvalue weighted by Gasteiger charge is -2.14. The minimum atomic E-state index is -0.195. The van der Waals surface area contributed by atoms with E-state index in [4.69, 9.17) is 4.74 Å². The molecule has 0 saturated heterocycles. The first-order valence-corrected chi connectivity index (χ1v) is 8.03. The molecule has 2 aromatic rings. The third kappa shape index (κ3) is 4.08. The van der Waals surface area contributed by atoms with E-state index in [1.54, 1.807) is 29.3 Å². The van der Waals surface area contributed by atoms with Crippen molar-refractivity contribution in [2.24, 2.45) is 7.05 Å². The highest BCUT2D eigenvalue weighted by atomic mass is 32.1. The van der Waals surface area contributed by atoms with Crippen LogP contribution < -0.4 is 10.1 Å². The van der Waals surface area contributed by atoms with Gasteiger partial charge in [-0.15, -0.1) is 16.4 Å². The van der Waals surface area contributed by atoms with Crippen molar-refractivity contribution in [3.63, 3.8) is 0 Å². The molecule has 0 spiro atoms. The largest absolute Gasteiger partial charge is 0.479 e. The van der Waals surface area contributed by atoms with Gasteiger partial charge >= 0.3 is 0 Å². The van der Waals surface area contributed by atoms with E-state index in [-0.39, 0.29) is 18.4 Å². The van der Waals surface area contributed by atoms with Crippen molar-refractivity contribution >= 4 is 17.2 Å². The molecule has 7 heteroatoms.